The van der Waals surface area contributed by atoms with Gasteiger partial charge in [0.15, 0.2) is 0 Å². The van der Waals surface area contributed by atoms with E-state index >= 15 is 0 Å². The lowest BCUT2D eigenvalue weighted by molar-refractivity contribution is -0.128. The number of aromatic nitrogens is 1. The number of hydrogen-bond acceptors (Lipinski definition) is 3. The van der Waals surface area contributed by atoms with Crippen LogP contribution in [0.2, 0.25) is 0 Å². The summed E-state index contributed by atoms with van der Waals surface area (Å²) in [4.78, 5) is 27.6. The molecule has 0 unspecified atom stereocenters. The molecule has 6 heteroatoms. The van der Waals surface area contributed by atoms with Gasteiger partial charge in [-0.1, -0.05) is 6.07 Å². The first-order valence-electron chi connectivity index (χ1n) is 5.11. The fraction of sp³-hybridized carbons (Fsp3) is 0.364. The molecule has 0 aliphatic carbocycles. The number of nitrogens with one attached hydrogen (secondary N) is 1. The van der Waals surface area contributed by atoms with Crippen molar-refractivity contribution in [3.8, 4) is 0 Å². The van der Waals surface area contributed by atoms with E-state index in [4.69, 9.17) is 0 Å². The van der Waals surface area contributed by atoms with Crippen molar-refractivity contribution in [2.24, 2.45) is 0 Å². The highest BCUT2D eigenvalue weighted by Crippen LogP contribution is 1.97. The minimum Gasteiger partial charge on any atom is -0.350 e. The maximum absolute atomic E-state index is 12.7. The molecular weight excluding hydrogens is 225 g/mol. The Kier molecular flexibility index (Phi) is 4.56. The summed E-state index contributed by atoms with van der Waals surface area (Å²) in [5, 5.41) is 2.50. The summed E-state index contributed by atoms with van der Waals surface area (Å²) >= 11 is 0. The Morgan fingerprint density at radius 2 is 2.12 bits per heavy atom. The molecule has 0 aliphatic heterocycles. The molecule has 1 N–H and O–H groups in total. The molecule has 1 aromatic rings. The van der Waals surface area contributed by atoms with Crippen molar-refractivity contribution in [1.82, 2.24) is 15.2 Å². The van der Waals surface area contributed by atoms with E-state index < -0.39 is 11.9 Å². The molecule has 0 aromatic carbocycles. The zero-order chi connectivity index (χ0) is 12.8. The van der Waals surface area contributed by atoms with E-state index in [0.29, 0.717) is 0 Å². The molecule has 0 radical (unpaired) electrons. The van der Waals surface area contributed by atoms with Gasteiger partial charge in [-0.25, -0.2) is 4.98 Å². The second-order valence-electron chi connectivity index (χ2n) is 3.64. The van der Waals surface area contributed by atoms with Gasteiger partial charge in [-0.2, -0.15) is 4.39 Å². The first kappa shape index (κ1) is 13.1. The van der Waals surface area contributed by atoms with Crippen LogP contribution in [0.4, 0.5) is 4.39 Å². The van der Waals surface area contributed by atoms with Crippen LogP contribution >= 0.6 is 0 Å². The third-order valence-electron chi connectivity index (χ3n) is 2.07. The van der Waals surface area contributed by atoms with Crippen molar-refractivity contribution in [2.45, 2.75) is 6.42 Å². The van der Waals surface area contributed by atoms with Gasteiger partial charge in [0.05, 0.1) is 0 Å². The molecular formula is C11H14FN3O2. The summed E-state index contributed by atoms with van der Waals surface area (Å²) in [6.45, 7) is 0.202. The largest absolute Gasteiger partial charge is 0.350 e. The van der Waals surface area contributed by atoms with Gasteiger partial charge in [-0.3, -0.25) is 9.59 Å². The highest BCUT2D eigenvalue weighted by Gasteiger charge is 2.09. The van der Waals surface area contributed by atoms with E-state index in [-0.39, 0.29) is 24.6 Å². The Balaban J connectivity index is 2.43. The average molecular weight is 239 g/mol. The molecule has 0 bridgehead atoms. The van der Waals surface area contributed by atoms with Crippen molar-refractivity contribution < 1.29 is 14.0 Å². The molecule has 0 saturated heterocycles. The third-order valence-corrected chi connectivity index (χ3v) is 2.07. The van der Waals surface area contributed by atoms with Gasteiger partial charge in [-0.05, 0) is 12.1 Å². The van der Waals surface area contributed by atoms with Crippen LogP contribution in [0.15, 0.2) is 18.2 Å². The minimum atomic E-state index is -0.706. The topological polar surface area (TPSA) is 62.3 Å². The van der Waals surface area contributed by atoms with Crippen LogP contribution < -0.4 is 5.32 Å². The van der Waals surface area contributed by atoms with Crippen LogP contribution in [-0.2, 0) is 4.79 Å². The lowest BCUT2D eigenvalue weighted by atomic mass is 10.3. The van der Waals surface area contributed by atoms with Crippen molar-refractivity contribution in [2.75, 3.05) is 20.6 Å². The van der Waals surface area contributed by atoms with Crippen molar-refractivity contribution in [3.63, 3.8) is 0 Å². The molecule has 0 saturated carbocycles. The SMILES string of the molecule is CN(C)C(=O)CCNC(=O)c1cccc(F)n1. The van der Waals surface area contributed by atoms with E-state index in [2.05, 4.69) is 10.3 Å². The standard InChI is InChI=1S/C11H14FN3O2/c1-15(2)10(16)6-7-13-11(17)8-4-3-5-9(12)14-8/h3-5H,6-7H2,1-2H3,(H,13,17). The lowest BCUT2D eigenvalue weighted by Gasteiger charge is -2.10. The molecule has 0 spiro atoms. The monoisotopic (exact) mass is 239 g/mol. The van der Waals surface area contributed by atoms with Crippen LogP contribution in [0.25, 0.3) is 0 Å². The Bertz CT molecular complexity index is 421. The number of amides is 2. The Morgan fingerprint density at radius 1 is 1.41 bits per heavy atom. The maximum Gasteiger partial charge on any atom is 0.270 e. The minimum absolute atomic E-state index is 0.00213. The molecule has 1 aromatic heterocycles. The Hall–Kier alpha value is -1.98. The molecule has 2 amide bonds. The number of carbonyl (C=O) groups is 2. The average Bonchev–Trinajstić information content (AvgIpc) is 2.28. The van der Waals surface area contributed by atoms with Gasteiger partial charge in [0, 0.05) is 27.1 Å². The molecule has 92 valence electrons. The van der Waals surface area contributed by atoms with E-state index in [1.54, 1.807) is 14.1 Å². The number of rotatable bonds is 4. The van der Waals surface area contributed by atoms with E-state index in [0.717, 1.165) is 6.07 Å². The van der Waals surface area contributed by atoms with Crippen molar-refractivity contribution in [3.05, 3.63) is 29.8 Å². The maximum atomic E-state index is 12.7. The number of carbonyl (C=O) groups excluding carboxylic acids is 2. The van der Waals surface area contributed by atoms with Gasteiger partial charge in [-0.15, -0.1) is 0 Å². The number of nitrogens with zero attached hydrogens (tertiary/aromatic N) is 2. The second kappa shape index (κ2) is 5.93. The molecule has 5 nitrogen and oxygen atoms in total. The van der Waals surface area contributed by atoms with Gasteiger partial charge < -0.3 is 10.2 Å². The Labute approximate surface area is 98.6 Å². The quantitative estimate of drug-likeness (QED) is 0.775. The smallest absolute Gasteiger partial charge is 0.270 e. The van der Waals surface area contributed by atoms with Gasteiger partial charge in [0.25, 0.3) is 5.91 Å². The van der Waals surface area contributed by atoms with Gasteiger partial charge in [0.1, 0.15) is 5.69 Å². The normalized spacial score (nSPS) is 9.82. The van der Waals surface area contributed by atoms with Crippen LogP contribution in [0, 0.1) is 5.95 Å². The Morgan fingerprint density at radius 3 is 2.71 bits per heavy atom. The summed E-state index contributed by atoms with van der Waals surface area (Å²) in [5.74, 6) is -1.28. The highest BCUT2D eigenvalue weighted by atomic mass is 19.1. The van der Waals surface area contributed by atoms with Gasteiger partial charge >= 0.3 is 0 Å². The predicted molar refractivity (Wildman–Crippen MR) is 59.8 cm³/mol. The zero-order valence-electron chi connectivity index (χ0n) is 9.74. The number of pyridine rings is 1. The molecule has 1 rings (SSSR count). The fourth-order valence-electron chi connectivity index (χ4n) is 1.13. The summed E-state index contributed by atoms with van der Waals surface area (Å²) in [6.07, 6.45) is 0.202. The summed E-state index contributed by atoms with van der Waals surface area (Å²) < 4.78 is 12.7. The second-order valence-corrected chi connectivity index (χ2v) is 3.64. The first-order valence-corrected chi connectivity index (χ1v) is 5.11. The number of halogens is 1. The number of hydrogen-bond donors (Lipinski definition) is 1. The highest BCUT2D eigenvalue weighted by molar-refractivity contribution is 5.92. The van der Waals surface area contributed by atoms with E-state index in [1.165, 1.54) is 17.0 Å². The van der Waals surface area contributed by atoms with Crippen LogP contribution in [-0.4, -0.2) is 42.3 Å². The predicted octanol–water partition coefficient (Wildman–Crippen LogP) is 0.429. The molecule has 0 aliphatic rings. The summed E-state index contributed by atoms with van der Waals surface area (Å²) in [5.41, 5.74) is 0.00213. The summed E-state index contributed by atoms with van der Waals surface area (Å²) in [6, 6.07) is 3.97. The van der Waals surface area contributed by atoms with Gasteiger partial charge in [0.2, 0.25) is 11.9 Å². The first-order chi connectivity index (χ1) is 8.00. The lowest BCUT2D eigenvalue weighted by Crippen LogP contribution is -2.30. The molecule has 17 heavy (non-hydrogen) atoms. The van der Waals surface area contributed by atoms with Crippen molar-refractivity contribution in [1.29, 1.82) is 0 Å². The fourth-order valence-corrected chi connectivity index (χ4v) is 1.13. The third kappa shape index (κ3) is 4.18. The molecule has 0 fully saturated rings. The van der Waals surface area contributed by atoms with Crippen molar-refractivity contribution >= 4 is 11.8 Å². The van der Waals surface area contributed by atoms with Crippen LogP contribution in [0.1, 0.15) is 16.9 Å². The van der Waals surface area contributed by atoms with Crippen LogP contribution in [0.5, 0.6) is 0 Å². The zero-order valence-corrected chi connectivity index (χ0v) is 9.74. The van der Waals surface area contributed by atoms with Crippen LogP contribution in [0.3, 0.4) is 0 Å². The summed E-state index contributed by atoms with van der Waals surface area (Å²) in [7, 11) is 3.27. The van der Waals surface area contributed by atoms with E-state index in [9.17, 15) is 14.0 Å². The molecule has 0 atom stereocenters. The van der Waals surface area contributed by atoms with E-state index in [1.807, 2.05) is 0 Å². The molecule has 1 heterocycles.